The summed E-state index contributed by atoms with van der Waals surface area (Å²) in [4.78, 5) is 28.4. The maximum Gasteiger partial charge on any atom is 0.417 e. The minimum atomic E-state index is -4.81. The molecule has 0 aliphatic carbocycles. The molecule has 0 bridgehead atoms. The Morgan fingerprint density at radius 3 is 2.26 bits per heavy atom. The summed E-state index contributed by atoms with van der Waals surface area (Å²) in [5.41, 5.74) is -1.63. The fourth-order valence-electron chi connectivity index (χ4n) is 4.11. The monoisotopic (exact) mass is 513 g/mol. The smallest absolute Gasteiger partial charge is 0.301 e. The van der Waals surface area contributed by atoms with Crippen molar-refractivity contribution in [3.63, 3.8) is 0 Å². The van der Waals surface area contributed by atoms with Crippen LogP contribution in [0.1, 0.15) is 30.9 Å². The predicted octanol–water partition coefficient (Wildman–Crippen LogP) is 1.97. The van der Waals surface area contributed by atoms with Gasteiger partial charge in [-0.3, -0.25) is 9.59 Å². The number of hydrogen-bond donors (Lipinski definition) is 0. The van der Waals surface area contributed by atoms with Gasteiger partial charge in [-0.05, 0) is 44.5 Å². The van der Waals surface area contributed by atoms with Gasteiger partial charge >= 0.3 is 6.18 Å². The van der Waals surface area contributed by atoms with E-state index < -0.39 is 39.3 Å². The number of rotatable bonds is 7. The Balaban J connectivity index is 1.64. The number of benzene rings is 1. The zero-order chi connectivity index (χ0) is 26.1. The van der Waals surface area contributed by atoms with Crippen LogP contribution in [0, 0.1) is 11.3 Å². The first-order valence-corrected chi connectivity index (χ1v) is 12.3. The van der Waals surface area contributed by atoms with Gasteiger partial charge in [0.05, 0.1) is 22.9 Å². The second-order valence-corrected chi connectivity index (χ2v) is 10.7. The molecular weight excluding hydrogens is 487 g/mol. The first kappa shape index (κ1) is 26.8. The number of hydrogen-bond acceptors (Lipinski definition) is 6. The van der Waals surface area contributed by atoms with E-state index in [0.29, 0.717) is 50.1 Å². The van der Waals surface area contributed by atoms with E-state index >= 15 is 0 Å². The van der Waals surface area contributed by atoms with Crippen molar-refractivity contribution in [2.45, 2.75) is 25.9 Å². The van der Waals surface area contributed by atoms with Gasteiger partial charge in [0.25, 0.3) is 22.0 Å². The molecule has 35 heavy (non-hydrogen) atoms. The predicted molar refractivity (Wildman–Crippen MR) is 121 cm³/mol. The molecule has 2 aliphatic heterocycles. The standard InChI is InChI=1S/C22H26F3N5O4S/c1-15-18(5-4-8-28-9-11-29(12-10-28)35(33,34)27(2)3)21(32)30(20(15)31)17-7-6-16(14-26)19(13-17)22(23,24)25/h6-7,13H,4-5,8-12H2,1-3H3. The number of halogens is 3. The van der Waals surface area contributed by atoms with Crippen LogP contribution in [0.5, 0.6) is 0 Å². The first-order chi connectivity index (χ1) is 16.3. The largest absolute Gasteiger partial charge is 0.417 e. The van der Waals surface area contributed by atoms with Crippen LogP contribution < -0.4 is 4.90 Å². The number of piperazine rings is 1. The Labute approximate surface area is 202 Å². The highest BCUT2D eigenvalue weighted by molar-refractivity contribution is 7.86. The lowest BCUT2D eigenvalue weighted by Gasteiger charge is -2.35. The summed E-state index contributed by atoms with van der Waals surface area (Å²) < 4.78 is 67.0. The Morgan fingerprint density at radius 1 is 1.09 bits per heavy atom. The maximum absolute atomic E-state index is 13.3. The summed E-state index contributed by atoms with van der Waals surface area (Å²) in [6, 6.07) is 4.22. The third-order valence-corrected chi connectivity index (χ3v) is 8.09. The van der Waals surface area contributed by atoms with Crippen molar-refractivity contribution >= 4 is 27.7 Å². The van der Waals surface area contributed by atoms with Gasteiger partial charge in [0.2, 0.25) is 0 Å². The van der Waals surface area contributed by atoms with E-state index in [1.54, 1.807) is 0 Å². The van der Waals surface area contributed by atoms with Crippen LogP contribution in [-0.4, -0.2) is 80.6 Å². The van der Waals surface area contributed by atoms with E-state index in [4.69, 9.17) is 5.26 Å². The fraction of sp³-hybridized carbons (Fsp3) is 0.500. The van der Waals surface area contributed by atoms with Gasteiger partial charge in [-0.25, -0.2) is 4.90 Å². The zero-order valence-electron chi connectivity index (χ0n) is 19.6. The minimum absolute atomic E-state index is 0.176. The molecule has 0 radical (unpaired) electrons. The second kappa shape index (κ2) is 10.1. The highest BCUT2D eigenvalue weighted by Crippen LogP contribution is 2.36. The van der Waals surface area contributed by atoms with Gasteiger partial charge in [-0.15, -0.1) is 0 Å². The van der Waals surface area contributed by atoms with E-state index in [1.165, 1.54) is 31.4 Å². The molecular formula is C22H26F3N5O4S. The van der Waals surface area contributed by atoms with Gasteiger partial charge in [0.1, 0.15) is 0 Å². The summed E-state index contributed by atoms with van der Waals surface area (Å²) in [5, 5.41) is 8.96. The third kappa shape index (κ3) is 5.40. The zero-order valence-corrected chi connectivity index (χ0v) is 20.4. The number of carbonyl (C=O) groups excluding carboxylic acids is 2. The first-order valence-electron chi connectivity index (χ1n) is 10.9. The van der Waals surface area contributed by atoms with E-state index in [9.17, 15) is 31.2 Å². The molecule has 0 spiro atoms. The number of alkyl halides is 3. The second-order valence-electron chi connectivity index (χ2n) is 8.52. The van der Waals surface area contributed by atoms with Crippen molar-refractivity contribution in [2.24, 2.45) is 0 Å². The average molecular weight is 514 g/mol. The van der Waals surface area contributed by atoms with Crippen molar-refractivity contribution < 1.29 is 31.2 Å². The molecule has 1 saturated heterocycles. The van der Waals surface area contributed by atoms with Crippen LogP contribution in [-0.2, 0) is 26.0 Å². The fourth-order valence-corrected chi connectivity index (χ4v) is 5.20. The quantitative estimate of drug-likeness (QED) is 0.517. The summed E-state index contributed by atoms with van der Waals surface area (Å²) in [5.74, 6) is -1.36. The Bertz CT molecular complexity index is 1200. The van der Waals surface area contributed by atoms with Crippen LogP contribution in [0.2, 0.25) is 0 Å². The maximum atomic E-state index is 13.3. The van der Waals surface area contributed by atoms with Crippen LogP contribution in [0.3, 0.4) is 0 Å². The van der Waals surface area contributed by atoms with Gasteiger partial charge in [-0.2, -0.15) is 35.5 Å². The van der Waals surface area contributed by atoms with Gasteiger partial charge < -0.3 is 4.90 Å². The van der Waals surface area contributed by atoms with Gasteiger partial charge in [0, 0.05) is 51.4 Å². The average Bonchev–Trinajstić information content (AvgIpc) is 3.01. The molecule has 190 valence electrons. The van der Waals surface area contributed by atoms with Crippen molar-refractivity contribution in [1.82, 2.24) is 13.5 Å². The number of nitrogens with zero attached hydrogens (tertiary/aromatic N) is 5. The van der Waals surface area contributed by atoms with E-state index in [-0.39, 0.29) is 23.3 Å². The highest BCUT2D eigenvalue weighted by Gasteiger charge is 2.39. The van der Waals surface area contributed by atoms with Crippen LogP contribution in [0.15, 0.2) is 29.3 Å². The molecule has 0 N–H and O–H groups in total. The lowest BCUT2D eigenvalue weighted by atomic mass is 10.1. The number of carbonyl (C=O) groups is 2. The number of nitriles is 1. The molecule has 1 fully saturated rings. The molecule has 3 rings (SSSR count). The van der Waals surface area contributed by atoms with Crippen molar-refractivity contribution in [1.29, 1.82) is 5.26 Å². The van der Waals surface area contributed by atoms with E-state index in [1.807, 2.05) is 0 Å². The van der Waals surface area contributed by atoms with Crippen LogP contribution >= 0.6 is 0 Å². The molecule has 9 nitrogen and oxygen atoms in total. The normalized spacial score (nSPS) is 18.6. The molecule has 13 heteroatoms. The molecule has 0 unspecified atom stereocenters. The third-order valence-electron chi connectivity index (χ3n) is 6.15. The number of anilines is 1. The Hall–Kier alpha value is -2.79. The topological polar surface area (TPSA) is 105 Å². The molecule has 1 aromatic rings. The lowest BCUT2D eigenvalue weighted by molar-refractivity contribution is -0.138. The van der Waals surface area contributed by atoms with Gasteiger partial charge in [-0.1, -0.05) is 0 Å². The molecule has 2 heterocycles. The SMILES string of the molecule is CC1=C(CCCN2CCN(S(=O)(=O)N(C)C)CC2)C(=O)N(c2ccc(C#N)c(C(F)(F)F)c2)C1=O. The van der Waals surface area contributed by atoms with Crippen molar-refractivity contribution in [3.8, 4) is 6.07 Å². The molecule has 0 saturated carbocycles. The molecule has 2 amide bonds. The number of amides is 2. The molecule has 2 aliphatic rings. The Kier molecular flexibility index (Phi) is 7.71. The minimum Gasteiger partial charge on any atom is -0.301 e. The lowest BCUT2D eigenvalue weighted by Crippen LogP contribution is -2.51. The molecule has 0 aromatic heterocycles. The van der Waals surface area contributed by atoms with E-state index in [2.05, 4.69) is 4.90 Å². The van der Waals surface area contributed by atoms with Crippen molar-refractivity contribution in [3.05, 3.63) is 40.5 Å². The van der Waals surface area contributed by atoms with Gasteiger partial charge in [0.15, 0.2) is 0 Å². The molecule has 1 aromatic carbocycles. The summed E-state index contributed by atoms with van der Waals surface area (Å²) in [7, 11) is -0.520. The summed E-state index contributed by atoms with van der Waals surface area (Å²) in [6.07, 6.45) is -4.04. The van der Waals surface area contributed by atoms with E-state index in [0.717, 1.165) is 16.4 Å². The van der Waals surface area contributed by atoms with Crippen LogP contribution in [0.4, 0.5) is 18.9 Å². The number of imide groups is 1. The molecule has 0 atom stereocenters. The van der Waals surface area contributed by atoms with Crippen LogP contribution in [0.25, 0.3) is 0 Å². The summed E-state index contributed by atoms with van der Waals surface area (Å²) >= 11 is 0. The van der Waals surface area contributed by atoms with Crippen molar-refractivity contribution in [2.75, 3.05) is 51.7 Å². The Morgan fingerprint density at radius 2 is 1.71 bits per heavy atom. The highest BCUT2D eigenvalue weighted by atomic mass is 32.2. The summed E-state index contributed by atoms with van der Waals surface area (Å²) in [6.45, 7) is 3.77.